The van der Waals surface area contributed by atoms with Crippen LogP contribution in [-0.4, -0.2) is 14.9 Å². The molecule has 0 amide bonds. The van der Waals surface area contributed by atoms with E-state index >= 15 is 0 Å². The zero-order chi connectivity index (χ0) is 13.0. The minimum Gasteiger partial charge on any atom is -0.441 e. The van der Waals surface area contributed by atoms with Crippen molar-refractivity contribution in [3.05, 3.63) is 28.3 Å². The fourth-order valence-corrected chi connectivity index (χ4v) is 3.56. The van der Waals surface area contributed by atoms with E-state index in [-0.39, 0.29) is 0 Å². The summed E-state index contributed by atoms with van der Waals surface area (Å²) in [7, 11) is -0.835. The van der Waals surface area contributed by atoms with E-state index in [9.17, 15) is 4.21 Å². The Hall–Kier alpha value is -0.940. The highest BCUT2D eigenvalue weighted by atomic mass is 32.2. The normalized spacial score (nSPS) is 12.8. The smallest absolute Gasteiger partial charge is 0.227 e. The number of unbranched alkanes of at least 4 members (excludes halogenated alkanes) is 1. The van der Waals surface area contributed by atoms with Gasteiger partial charge in [0.1, 0.15) is 5.76 Å². The van der Waals surface area contributed by atoms with Gasteiger partial charge < -0.3 is 4.42 Å². The molecule has 2 rings (SSSR count). The SMILES string of the molecule is CCCC[S@](=O)Cc1nc(-c2ccsc2)oc1C. The molecule has 0 N–H and O–H groups in total. The molecule has 0 radical (unpaired) electrons. The summed E-state index contributed by atoms with van der Waals surface area (Å²) >= 11 is 1.61. The number of thiophene rings is 1. The summed E-state index contributed by atoms with van der Waals surface area (Å²) in [4.78, 5) is 4.45. The molecule has 0 unspecified atom stereocenters. The van der Waals surface area contributed by atoms with Crippen molar-refractivity contribution in [2.45, 2.75) is 32.4 Å². The minimum absolute atomic E-state index is 0.499. The van der Waals surface area contributed by atoms with E-state index < -0.39 is 10.8 Å². The predicted molar refractivity (Wildman–Crippen MR) is 76.2 cm³/mol. The molecule has 0 aliphatic carbocycles. The van der Waals surface area contributed by atoms with Gasteiger partial charge in [-0.2, -0.15) is 11.3 Å². The lowest BCUT2D eigenvalue weighted by Gasteiger charge is -1.98. The van der Waals surface area contributed by atoms with Gasteiger partial charge in [0.25, 0.3) is 0 Å². The molecule has 0 aliphatic rings. The van der Waals surface area contributed by atoms with Crippen molar-refractivity contribution >= 4 is 22.1 Å². The summed E-state index contributed by atoms with van der Waals surface area (Å²) in [6, 6.07) is 1.98. The van der Waals surface area contributed by atoms with Crippen LogP contribution in [0.25, 0.3) is 11.5 Å². The van der Waals surface area contributed by atoms with E-state index in [1.54, 1.807) is 11.3 Å². The van der Waals surface area contributed by atoms with Gasteiger partial charge in [-0.15, -0.1) is 0 Å². The van der Waals surface area contributed by atoms with Crippen LogP contribution >= 0.6 is 11.3 Å². The second kappa shape index (κ2) is 6.29. The zero-order valence-electron chi connectivity index (χ0n) is 10.6. The van der Waals surface area contributed by atoms with Gasteiger partial charge in [-0.25, -0.2) is 4.98 Å². The highest BCUT2D eigenvalue weighted by Crippen LogP contribution is 2.24. The maximum atomic E-state index is 11.9. The molecule has 3 nitrogen and oxygen atoms in total. The van der Waals surface area contributed by atoms with Gasteiger partial charge in [0, 0.05) is 27.5 Å². The molecule has 0 fully saturated rings. The molecular weight excluding hydrogens is 266 g/mol. The number of oxazole rings is 1. The van der Waals surface area contributed by atoms with Gasteiger partial charge in [0.15, 0.2) is 0 Å². The molecule has 5 heteroatoms. The predicted octanol–water partition coefficient (Wildman–Crippen LogP) is 3.76. The zero-order valence-corrected chi connectivity index (χ0v) is 12.3. The van der Waals surface area contributed by atoms with Crippen LogP contribution in [-0.2, 0) is 16.6 Å². The number of hydrogen-bond donors (Lipinski definition) is 0. The van der Waals surface area contributed by atoms with Gasteiger partial charge >= 0.3 is 0 Å². The van der Waals surface area contributed by atoms with E-state index in [0.29, 0.717) is 11.6 Å². The van der Waals surface area contributed by atoms with E-state index in [2.05, 4.69) is 11.9 Å². The third-order valence-electron chi connectivity index (χ3n) is 2.68. The van der Waals surface area contributed by atoms with Gasteiger partial charge in [-0.3, -0.25) is 4.21 Å². The van der Waals surface area contributed by atoms with Crippen molar-refractivity contribution in [3.63, 3.8) is 0 Å². The molecule has 0 saturated carbocycles. The van der Waals surface area contributed by atoms with Crippen LogP contribution in [0, 0.1) is 6.92 Å². The fraction of sp³-hybridized carbons (Fsp3) is 0.462. The van der Waals surface area contributed by atoms with Crippen LogP contribution in [0.4, 0.5) is 0 Å². The van der Waals surface area contributed by atoms with Crippen LogP contribution < -0.4 is 0 Å². The fourth-order valence-electron chi connectivity index (χ4n) is 1.60. The van der Waals surface area contributed by atoms with Crippen molar-refractivity contribution in [2.75, 3.05) is 5.75 Å². The third kappa shape index (κ3) is 3.29. The monoisotopic (exact) mass is 283 g/mol. The summed E-state index contributed by atoms with van der Waals surface area (Å²) in [5.41, 5.74) is 1.82. The number of aromatic nitrogens is 1. The van der Waals surface area contributed by atoms with E-state index in [1.807, 2.05) is 23.8 Å². The van der Waals surface area contributed by atoms with Crippen molar-refractivity contribution in [3.8, 4) is 11.5 Å². The molecule has 0 aromatic carbocycles. The molecule has 0 bridgehead atoms. The first-order chi connectivity index (χ1) is 8.70. The van der Waals surface area contributed by atoms with E-state index in [4.69, 9.17) is 4.42 Å². The Morgan fingerprint density at radius 1 is 1.50 bits per heavy atom. The standard InChI is InChI=1S/C13H17NO2S2/c1-3-4-7-18(15)9-12-10(2)16-13(14-12)11-5-6-17-8-11/h5-6,8H,3-4,7,9H2,1-2H3/t18-/m0/s1. The van der Waals surface area contributed by atoms with Gasteiger partial charge in [-0.05, 0) is 24.8 Å². The topological polar surface area (TPSA) is 43.1 Å². The first-order valence-corrected chi connectivity index (χ1v) is 8.47. The van der Waals surface area contributed by atoms with Crippen LogP contribution in [0.15, 0.2) is 21.2 Å². The van der Waals surface area contributed by atoms with Gasteiger partial charge in [-0.1, -0.05) is 13.3 Å². The molecule has 2 aromatic heterocycles. The van der Waals surface area contributed by atoms with Crippen molar-refractivity contribution in [1.82, 2.24) is 4.98 Å². The van der Waals surface area contributed by atoms with Crippen LogP contribution in [0.1, 0.15) is 31.2 Å². The lowest BCUT2D eigenvalue weighted by Crippen LogP contribution is -2.02. The molecule has 98 valence electrons. The van der Waals surface area contributed by atoms with Crippen molar-refractivity contribution < 1.29 is 8.63 Å². The Morgan fingerprint density at radius 2 is 2.33 bits per heavy atom. The van der Waals surface area contributed by atoms with E-state index in [0.717, 1.165) is 35.6 Å². The number of nitrogens with zero attached hydrogens (tertiary/aromatic N) is 1. The van der Waals surface area contributed by atoms with E-state index in [1.165, 1.54) is 0 Å². The van der Waals surface area contributed by atoms with Crippen molar-refractivity contribution in [2.24, 2.45) is 0 Å². The summed E-state index contributed by atoms with van der Waals surface area (Å²) in [5, 5.41) is 4.00. The molecule has 0 saturated heterocycles. The first-order valence-electron chi connectivity index (χ1n) is 6.04. The Labute approximate surface area is 114 Å². The number of aryl methyl sites for hydroxylation is 1. The second-order valence-corrected chi connectivity index (χ2v) is 6.53. The Morgan fingerprint density at radius 3 is 3.00 bits per heavy atom. The van der Waals surface area contributed by atoms with Crippen LogP contribution in [0.2, 0.25) is 0 Å². The summed E-state index contributed by atoms with van der Waals surface area (Å²) < 4.78 is 17.5. The summed E-state index contributed by atoms with van der Waals surface area (Å²) in [6.07, 6.45) is 2.07. The van der Waals surface area contributed by atoms with Crippen molar-refractivity contribution in [1.29, 1.82) is 0 Å². The highest BCUT2D eigenvalue weighted by molar-refractivity contribution is 7.84. The minimum atomic E-state index is -0.835. The Kier molecular flexibility index (Phi) is 4.72. The number of hydrogen-bond acceptors (Lipinski definition) is 4. The average molecular weight is 283 g/mol. The quantitative estimate of drug-likeness (QED) is 0.810. The lowest BCUT2D eigenvalue weighted by molar-refractivity contribution is 0.540. The van der Waals surface area contributed by atoms with Gasteiger partial charge in [0.2, 0.25) is 5.89 Å². The molecular formula is C13H17NO2S2. The maximum Gasteiger partial charge on any atom is 0.227 e. The lowest BCUT2D eigenvalue weighted by atomic mass is 10.3. The maximum absolute atomic E-state index is 11.9. The summed E-state index contributed by atoms with van der Waals surface area (Å²) in [5.74, 6) is 2.66. The molecule has 2 aromatic rings. The first kappa shape index (κ1) is 13.5. The molecule has 0 spiro atoms. The molecule has 2 heterocycles. The Bertz CT molecular complexity index is 517. The highest BCUT2D eigenvalue weighted by Gasteiger charge is 2.13. The Balaban J connectivity index is 2.08. The molecule has 0 aliphatic heterocycles. The largest absolute Gasteiger partial charge is 0.441 e. The van der Waals surface area contributed by atoms with Crippen LogP contribution in [0.3, 0.4) is 0 Å². The number of rotatable bonds is 6. The summed E-state index contributed by atoms with van der Waals surface area (Å²) in [6.45, 7) is 3.99. The molecule has 18 heavy (non-hydrogen) atoms. The van der Waals surface area contributed by atoms with Gasteiger partial charge in [0.05, 0.1) is 11.4 Å². The van der Waals surface area contributed by atoms with Crippen LogP contribution in [0.5, 0.6) is 0 Å². The third-order valence-corrected chi connectivity index (χ3v) is 4.71. The average Bonchev–Trinajstić information content (AvgIpc) is 2.97. The molecule has 1 atom stereocenters. The second-order valence-electron chi connectivity index (χ2n) is 4.18.